The zero-order valence-corrected chi connectivity index (χ0v) is 10.3. The Morgan fingerprint density at radius 2 is 1.83 bits per heavy atom. The summed E-state index contributed by atoms with van der Waals surface area (Å²) in [5, 5.41) is 8.87. The van der Waals surface area contributed by atoms with Crippen LogP contribution in [-0.2, 0) is 0 Å². The second-order valence-electron chi connectivity index (χ2n) is 4.37. The summed E-state index contributed by atoms with van der Waals surface area (Å²) in [5.74, 6) is -0.598. The van der Waals surface area contributed by atoms with Gasteiger partial charge >= 0.3 is 5.97 Å². The highest BCUT2D eigenvalue weighted by Gasteiger charge is 2.08. The standard InChI is InChI=1S/C14H14N2O2/c1-9(2)10-3-5-11(6-4-10)12-7-15-8-13(16-12)14(17)18/h3-9H,1-2H3,(H,17,18). The van der Waals surface area contributed by atoms with Gasteiger partial charge in [-0.15, -0.1) is 0 Å². The summed E-state index contributed by atoms with van der Waals surface area (Å²) in [7, 11) is 0. The largest absolute Gasteiger partial charge is 0.476 e. The number of aromatic nitrogens is 2. The van der Waals surface area contributed by atoms with Crippen LogP contribution in [0.2, 0.25) is 0 Å². The minimum Gasteiger partial charge on any atom is -0.476 e. The molecule has 1 aromatic carbocycles. The second kappa shape index (κ2) is 4.96. The van der Waals surface area contributed by atoms with E-state index in [1.54, 1.807) is 6.20 Å². The Labute approximate surface area is 105 Å². The van der Waals surface area contributed by atoms with Crippen molar-refractivity contribution >= 4 is 5.97 Å². The maximum atomic E-state index is 10.8. The van der Waals surface area contributed by atoms with E-state index in [4.69, 9.17) is 5.11 Å². The summed E-state index contributed by atoms with van der Waals surface area (Å²) >= 11 is 0. The van der Waals surface area contributed by atoms with Gasteiger partial charge in [-0.2, -0.15) is 0 Å². The van der Waals surface area contributed by atoms with Crippen LogP contribution in [0.3, 0.4) is 0 Å². The molecule has 18 heavy (non-hydrogen) atoms. The van der Waals surface area contributed by atoms with Crippen LogP contribution in [0.5, 0.6) is 0 Å². The van der Waals surface area contributed by atoms with E-state index in [1.165, 1.54) is 11.8 Å². The van der Waals surface area contributed by atoms with E-state index >= 15 is 0 Å². The van der Waals surface area contributed by atoms with Gasteiger partial charge in [-0.05, 0) is 11.5 Å². The Kier molecular flexibility index (Phi) is 3.37. The van der Waals surface area contributed by atoms with Gasteiger partial charge in [-0.25, -0.2) is 9.78 Å². The zero-order valence-electron chi connectivity index (χ0n) is 10.3. The molecule has 1 aromatic heterocycles. The quantitative estimate of drug-likeness (QED) is 0.898. The van der Waals surface area contributed by atoms with Crippen molar-refractivity contribution in [2.75, 3.05) is 0 Å². The van der Waals surface area contributed by atoms with Gasteiger partial charge in [-0.1, -0.05) is 38.1 Å². The van der Waals surface area contributed by atoms with E-state index in [2.05, 4.69) is 23.8 Å². The van der Waals surface area contributed by atoms with Gasteiger partial charge in [0, 0.05) is 5.56 Å². The molecule has 0 unspecified atom stereocenters. The zero-order chi connectivity index (χ0) is 13.1. The number of aromatic carboxylic acids is 1. The lowest BCUT2D eigenvalue weighted by atomic mass is 10.0. The number of hydrogen-bond donors (Lipinski definition) is 1. The highest BCUT2D eigenvalue weighted by molar-refractivity contribution is 5.85. The number of hydrogen-bond acceptors (Lipinski definition) is 3. The fraction of sp³-hybridized carbons (Fsp3) is 0.214. The molecule has 92 valence electrons. The van der Waals surface area contributed by atoms with Gasteiger partial charge in [0.15, 0.2) is 5.69 Å². The highest BCUT2D eigenvalue weighted by Crippen LogP contribution is 2.20. The van der Waals surface area contributed by atoms with E-state index in [0.717, 1.165) is 5.56 Å². The van der Waals surface area contributed by atoms with Crippen molar-refractivity contribution in [3.05, 3.63) is 47.9 Å². The average Bonchev–Trinajstić information content (AvgIpc) is 2.39. The number of benzene rings is 1. The van der Waals surface area contributed by atoms with Crippen LogP contribution in [0.1, 0.15) is 35.8 Å². The van der Waals surface area contributed by atoms with Crippen LogP contribution >= 0.6 is 0 Å². The summed E-state index contributed by atoms with van der Waals surface area (Å²) in [5.41, 5.74) is 2.64. The third-order valence-electron chi connectivity index (χ3n) is 2.73. The smallest absolute Gasteiger partial charge is 0.356 e. The van der Waals surface area contributed by atoms with Crippen LogP contribution in [-0.4, -0.2) is 21.0 Å². The lowest BCUT2D eigenvalue weighted by molar-refractivity contribution is 0.0690. The Bertz CT molecular complexity index is 562. The Morgan fingerprint density at radius 1 is 1.17 bits per heavy atom. The molecule has 0 amide bonds. The van der Waals surface area contributed by atoms with Crippen LogP contribution in [0.15, 0.2) is 36.7 Å². The molecule has 1 heterocycles. The molecule has 4 heteroatoms. The molecule has 4 nitrogen and oxygen atoms in total. The van der Waals surface area contributed by atoms with Gasteiger partial charge in [0.2, 0.25) is 0 Å². The predicted molar refractivity (Wildman–Crippen MR) is 68.5 cm³/mol. The minimum atomic E-state index is -1.07. The molecule has 0 aliphatic carbocycles. The van der Waals surface area contributed by atoms with E-state index < -0.39 is 5.97 Å². The predicted octanol–water partition coefficient (Wildman–Crippen LogP) is 2.97. The first-order valence-corrected chi connectivity index (χ1v) is 5.73. The van der Waals surface area contributed by atoms with Crippen LogP contribution in [0.25, 0.3) is 11.3 Å². The van der Waals surface area contributed by atoms with Crippen molar-refractivity contribution in [3.63, 3.8) is 0 Å². The fourth-order valence-corrected chi connectivity index (χ4v) is 1.65. The van der Waals surface area contributed by atoms with E-state index in [0.29, 0.717) is 11.6 Å². The Hall–Kier alpha value is -2.23. The highest BCUT2D eigenvalue weighted by atomic mass is 16.4. The molecule has 0 aliphatic rings. The summed E-state index contributed by atoms with van der Waals surface area (Å²) in [6, 6.07) is 7.92. The molecule has 0 radical (unpaired) electrons. The molecule has 0 saturated heterocycles. The molecular weight excluding hydrogens is 228 g/mol. The topological polar surface area (TPSA) is 63.1 Å². The second-order valence-corrected chi connectivity index (χ2v) is 4.37. The van der Waals surface area contributed by atoms with E-state index in [9.17, 15) is 4.79 Å². The number of nitrogens with zero attached hydrogens (tertiary/aromatic N) is 2. The third-order valence-corrected chi connectivity index (χ3v) is 2.73. The summed E-state index contributed by atoms with van der Waals surface area (Å²) in [4.78, 5) is 18.8. The number of carboxylic acids is 1. The van der Waals surface area contributed by atoms with Crippen LogP contribution in [0.4, 0.5) is 0 Å². The van der Waals surface area contributed by atoms with Crippen molar-refractivity contribution < 1.29 is 9.90 Å². The molecule has 0 fully saturated rings. The van der Waals surface area contributed by atoms with Gasteiger partial charge in [-0.3, -0.25) is 4.98 Å². The Balaban J connectivity index is 2.36. The summed E-state index contributed by atoms with van der Waals surface area (Å²) in [6.45, 7) is 4.25. The third kappa shape index (κ3) is 2.53. The molecule has 2 aromatic rings. The summed E-state index contributed by atoms with van der Waals surface area (Å²) < 4.78 is 0. The van der Waals surface area contributed by atoms with Gasteiger partial charge < -0.3 is 5.11 Å². The minimum absolute atomic E-state index is 0.0413. The average molecular weight is 242 g/mol. The summed E-state index contributed by atoms with van der Waals surface area (Å²) in [6.07, 6.45) is 2.81. The van der Waals surface area contributed by atoms with Crippen molar-refractivity contribution in [1.29, 1.82) is 0 Å². The molecule has 0 bridgehead atoms. The molecule has 2 rings (SSSR count). The first-order chi connectivity index (χ1) is 8.58. The van der Waals surface area contributed by atoms with Gasteiger partial charge in [0.25, 0.3) is 0 Å². The molecule has 0 aliphatic heterocycles. The van der Waals surface area contributed by atoms with E-state index in [1.807, 2.05) is 24.3 Å². The van der Waals surface area contributed by atoms with Gasteiger partial charge in [0.1, 0.15) is 0 Å². The van der Waals surface area contributed by atoms with Crippen molar-refractivity contribution in [2.24, 2.45) is 0 Å². The molecule has 0 atom stereocenters. The number of carbonyl (C=O) groups is 1. The van der Waals surface area contributed by atoms with Gasteiger partial charge in [0.05, 0.1) is 18.1 Å². The van der Waals surface area contributed by atoms with Crippen molar-refractivity contribution in [2.45, 2.75) is 19.8 Å². The lowest BCUT2D eigenvalue weighted by Crippen LogP contribution is -2.02. The van der Waals surface area contributed by atoms with Crippen LogP contribution in [0, 0.1) is 0 Å². The first kappa shape index (κ1) is 12.2. The molecular formula is C14H14N2O2. The monoisotopic (exact) mass is 242 g/mol. The fourth-order valence-electron chi connectivity index (χ4n) is 1.65. The maximum Gasteiger partial charge on any atom is 0.356 e. The molecule has 1 N–H and O–H groups in total. The lowest BCUT2D eigenvalue weighted by Gasteiger charge is -2.06. The molecule has 0 spiro atoms. The normalized spacial score (nSPS) is 10.6. The number of rotatable bonds is 3. The maximum absolute atomic E-state index is 10.8. The molecule has 0 saturated carbocycles. The first-order valence-electron chi connectivity index (χ1n) is 5.73. The number of carboxylic acid groups (broad SMARTS) is 1. The van der Waals surface area contributed by atoms with E-state index in [-0.39, 0.29) is 5.69 Å². The van der Waals surface area contributed by atoms with Crippen molar-refractivity contribution in [1.82, 2.24) is 9.97 Å². The Morgan fingerprint density at radius 3 is 2.39 bits per heavy atom. The SMILES string of the molecule is CC(C)c1ccc(-c2cncc(C(=O)O)n2)cc1. The van der Waals surface area contributed by atoms with Crippen molar-refractivity contribution in [3.8, 4) is 11.3 Å². The van der Waals surface area contributed by atoms with Crippen LogP contribution < -0.4 is 0 Å².